The number of nitrogens with zero attached hydrogens (tertiary/aromatic N) is 2. The molecule has 0 saturated heterocycles. The highest BCUT2D eigenvalue weighted by molar-refractivity contribution is 8.03. The van der Waals surface area contributed by atoms with Gasteiger partial charge in [0.2, 0.25) is 11.8 Å². The van der Waals surface area contributed by atoms with Crippen LogP contribution in [0.4, 0.5) is 5.69 Å². The molecule has 0 spiro atoms. The van der Waals surface area contributed by atoms with Crippen LogP contribution in [0, 0.1) is 34.0 Å². The van der Waals surface area contributed by atoms with Crippen molar-refractivity contribution in [2.24, 2.45) is 11.3 Å². The first kappa shape index (κ1) is 19.4. The van der Waals surface area contributed by atoms with Gasteiger partial charge in [-0.05, 0) is 12.1 Å². The van der Waals surface area contributed by atoms with Gasteiger partial charge in [0.05, 0.1) is 41.3 Å². The second-order valence-corrected chi connectivity index (χ2v) is 7.11. The first-order valence-electron chi connectivity index (χ1n) is 7.76. The van der Waals surface area contributed by atoms with Crippen LogP contribution in [-0.2, 0) is 9.59 Å². The molecule has 2 N–H and O–H groups in total. The number of amides is 2. The summed E-state index contributed by atoms with van der Waals surface area (Å²) in [5, 5.41) is 24.3. The van der Waals surface area contributed by atoms with Gasteiger partial charge in [-0.15, -0.1) is 0 Å². The molecule has 0 aliphatic carbocycles. The minimum atomic E-state index is -0.955. The Bertz CT molecular complexity index is 849. The summed E-state index contributed by atoms with van der Waals surface area (Å²) in [5.41, 5.74) is -0.0980. The smallest absolute Gasteiger partial charge is 0.243 e. The molecule has 0 bridgehead atoms. The van der Waals surface area contributed by atoms with Crippen LogP contribution in [0.1, 0.15) is 13.8 Å². The summed E-state index contributed by atoms with van der Waals surface area (Å²) in [6.07, 6.45) is 0. The number of para-hydroxylation sites is 2. The lowest BCUT2D eigenvalue weighted by atomic mass is 9.72. The van der Waals surface area contributed by atoms with Crippen molar-refractivity contribution < 1.29 is 14.3 Å². The quantitative estimate of drug-likeness (QED) is 0.822. The van der Waals surface area contributed by atoms with Crippen molar-refractivity contribution in [2.45, 2.75) is 13.8 Å². The van der Waals surface area contributed by atoms with E-state index in [0.717, 1.165) is 11.8 Å². The molecule has 2 amide bonds. The lowest BCUT2D eigenvalue weighted by Crippen LogP contribution is -2.44. The number of ether oxygens (including phenoxy) is 1. The zero-order chi connectivity index (χ0) is 19.3. The van der Waals surface area contributed by atoms with Crippen molar-refractivity contribution in [3.8, 4) is 17.9 Å². The van der Waals surface area contributed by atoms with Crippen LogP contribution >= 0.6 is 11.8 Å². The van der Waals surface area contributed by atoms with E-state index in [0.29, 0.717) is 22.0 Å². The Balaban J connectivity index is 2.14. The van der Waals surface area contributed by atoms with E-state index >= 15 is 0 Å². The summed E-state index contributed by atoms with van der Waals surface area (Å²) < 4.78 is 5.18. The Labute approximate surface area is 156 Å². The van der Waals surface area contributed by atoms with Crippen LogP contribution in [-0.4, -0.2) is 24.7 Å². The van der Waals surface area contributed by atoms with E-state index in [9.17, 15) is 20.1 Å². The summed E-state index contributed by atoms with van der Waals surface area (Å²) in [6.45, 7) is 3.35. The molecular weight excluding hydrogens is 352 g/mol. The van der Waals surface area contributed by atoms with Crippen molar-refractivity contribution in [1.82, 2.24) is 5.32 Å². The molecule has 7 nitrogen and oxygen atoms in total. The van der Waals surface area contributed by atoms with Crippen molar-refractivity contribution >= 4 is 29.3 Å². The first-order valence-corrected chi connectivity index (χ1v) is 8.74. The number of benzene rings is 1. The van der Waals surface area contributed by atoms with E-state index < -0.39 is 17.2 Å². The average molecular weight is 370 g/mol. The molecule has 2 rings (SSSR count). The normalized spacial score (nSPS) is 18.3. The molecule has 0 aromatic heterocycles. The van der Waals surface area contributed by atoms with Crippen LogP contribution in [0.2, 0.25) is 0 Å². The molecule has 1 aliphatic rings. The SMILES string of the molecule is COc1ccccc1NC(=O)CSC1=C(C#N)C(C)(C)[C@H](C#N)C(=O)N1. The molecule has 1 atom stereocenters. The molecule has 8 heteroatoms. The predicted molar refractivity (Wildman–Crippen MR) is 97.7 cm³/mol. The second kappa shape index (κ2) is 7.94. The van der Waals surface area contributed by atoms with Gasteiger partial charge in [-0.2, -0.15) is 10.5 Å². The molecule has 134 valence electrons. The van der Waals surface area contributed by atoms with Crippen molar-refractivity contribution in [3.05, 3.63) is 34.9 Å². The van der Waals surface area contributed by atoms with Gasteiger partial charge in [0.15, 0.2) is 0 Å². The lowest BCUT2D eigenvalue weighted by molar-refractivity contribution is -0.125. The highest BCUT2D eigenvalue weighted by Crippen LogP contribution is 2.41. The van der Waals surface area contributed by atoms with Gasteiger partial charge in [-0.1, -0.05) is 37.7 Å². The predicted octanol–water partition coefficient (Wildman–Crippen LogP) is 2.40. The summed E-state index contributed by atoms with van der Waals surface area (Å²) >= 11 is 1.05. The van der Waals surface area contributed by atoms with Gasteiger partial charge < -0.3 is 15.4 Å². The van der Waals surface area contributed by atoms with Crippen molar-refractivity contribution in [3.63, 3.8) is 0 Å². The number of carbonyl (C=O) groups is 2. The molecule has 1 aliphatic heterocycles. The van der Waals surface area contributed by atoms with E-state index in [1.54, 1.807) is 38.1 Å². The summed E-state index contributed by atoms with van der Waals surface area (Å²) in [6, 6.07) is 11.0. The zero-order valence-electron chi connectivity index (χ0n) is 14.6. The number of methoxy groups -OCH3 is 1. The van der Waals surface area contributed by atoms with E-state index in [1.165, 1.54) is 7.11 Å². The summed E-state index contributed by atoms with van der Waals surface area (Å²) in [5.74, 6) is -1.20. The van der Waals surface area contributed by atoms with Gasteiger partial charge in [-0.3, -0.25) is 9.59 Å². The largest absolute Gasteiger partial charge is 0.495 e. The maximum absolute atomic E-state index is 12.2. The Morgan fingerprint density at radius 1 is 1.38 bits per heavy atom. The number of rotatable bonds is 5. The van der Waals surface area contributed by atoms with Gasteiger partial charge in [-0.25, -0.2) is 0 Å². The van der Waals surface area contributed by atoms with Crippen molar-refractivity contribution in [1.29, 1.82) is 10.5 Å². The van der Waals surface area contributed by atoms with E-state index in [-0.39, 0.29) is 11.7 Å². The molecule has 1 aromatic rings. The molecule has 0 unspecified atom stereocenters. The van der Waals surface area contributed by atoms with Crippen LogP contribution in [0.3, 0.4) is 0 Å². The summed E-state index contributed by atoms with van der Waals surface area (Å²) in [7, 11) is 1.51. The Morgan fingerprint density at radius 2 is 2.08 bits per heavy atom. The standard InChI is InChI=1S/C18H18N4O3S/c1-18(2)11(8-19)16(24)22-17(12(18)9-20)26-10-15(23)21-13-6-4-5-7-14(13)25-3/h4-7,11H,10H2,1-3H3,(H,21,23)(H,22,24)/t11-/m1/s1. The number of nitrogens with one attached hydrogen (secondary N) is 2. The molecular formula is C18H18N4O3S. The third kappa shape index (κ3) is 3.81. The number of thioether (sulfide) groups is 1. The monoisotopic (exact) mass is 370 g/mol. The molecule has 0 radical (unpaired) electrons. The number of allylic oxidation sites excluding steroid dienone is 1. The minimum Gasteiger partial charge on any atom is -0.495 e. The Kier molecular flexibility index (Phi) is 5.91. The highest BCUT2D eigenvalue weighted by Gasteiger charge is 2.44. The topological polar surface area (TPSA) is 115 Å². The fourth-order valence-corrected chi connectivity index (χ4v) is 3.58. The third-order valence-corrected chi connectivity index (χ3v) is 5.06. The maximum atomic E-state index is 12.2. The number of carbonyl (C=O) groups excluding carboxylic acids is 2. The third-order valence-electron chi connectivity index (χ3n) is 4.06. The maximum Gasteiger partial charge on any atom is 0.243 e. The highest BCUT2D eigenvalue weighted by atomic mass is 32.2. The number of anilines is 1. The fraction of sp³-hybridized carbons (Fsp3) is 0.333. The van der Waals surface area contributed by atoms with Crippen LogP contribution in [0.15, 0.2) is 34.9 Å². The second-order valence-electron chi connectivity index (χ2n) is 6.13. The van der Waals surface area contributed by atoms with Crippen LogP contribution < -0.4 is 15.4 Å². The number of nitriles is 2. The van der Waals surface area contributed by atoms with Gasteiger partial charge in [0.25, 0.3) is 0 Å². The van der Waals surface area contributed by atoms with E-state index in [1.807, 2.05) is 6.07 Å². The molecule has 1 aromatic carbocycles. The Morgan fingerprint density at radius 3 is 2.69 bits per heavy atom. The molecule has 26 heavy (non-hydrogen) atoms. The minimum absolute atomic E-state index is 0.00780. The zero-order valence-corrected chi connectivity index (χ0v) is 15.4. The van der Waals surface area contributed by atoms with Crippen molar-refractivity contribution in [2.75, 3.05) is 18.2 Å². The summed E-state index contributed by atoms with van der Waals surface area (Å²) in [4.78, 5) is 24.3. The first-order chi connectivity index (χ1) is 12.3. The van der Waals surface area contributed by atoms with Crippen LogP contribution in [0.5, 0.6) is 5.75 Å². The fourth-order valence-electron chi connectivity index (χ4n) is 2.61. The Hall–Kier alpha value is -2.97. The molecule has 1 heterocycles. The average Bonchev–Trinajstić information content (AvgIpc) is 2.60. The van der Waals surface area contributed by atoms with Crippen LogP contribution in [0.25, 0.3) is 0 Å². The van der Waals surface area contributed by atoms with Gasteiger partial charge >= 0.3 is 0 Å². The van der Waals surface area contributed by atoms with E-state index in [4.69, 9.17) is 4.74 Å². The van der Waals surface area contributed by atoms with E-state index in [2.05, 4.69) is 16.7 Å². The molecule has 0 saturated carbocycles. The number of hydrogen-bond donors (Lipinski definition) is 2. The van der Waals surface area contributed by atoms with Gasteiger partial charge in [0.1, 0.15) is 11.7 Å². The molecule has 0 fully saturated rings. The lowest BCUT2D eigenvalue weighted by Gasteiger charge is -2.34. The number of hydrogen-bond acceptors (Lipinski definition) is 6. The van der Waals surface area contributed by atoms with Gasteiger partial charge in [0, 0.05) is 5.41 Å².